The molecular formula is C17H27IN4O3. The van der Waals surface area contributed by atoms with Crippen molar-refractivity contribution in [1.29, 1.82) is 0 Å². The number of amides is 1. The van der Waals surface area contributed by atoms with Crippen molar-refractivity contribution in [1.82, 2.24) is 10.2 Å². The van der Waals surface area contributed by atoms with Gasteiger partial charge in [-0.05, 0) is 24.1 Å². The van der Waals surface area contributed by atoms with Crippen LogP contribution in [-0.2, 0) is 16.1 Å². The number of guanidine groups is 1. The second-order valence-corrected chi connectivity index (χ2v) is 5.86. The first-order chi connectivity index (χ1) is 11.6. The number of nitrogens with one attached hydrogen (secondary N) is 1. The van der Waals surface area contributed by atoms with Crippen molar-refractivity contribution in [3.05, 3.63) is 29.8 Å². The van der Waals surface area contributed by atoms with Crippen LogP contribution < -0.4 is 15.8 Å². The number of methoxy groups -OCH3 is 1. The van der Waals surface area contributed by atoms with Gasteiger partial charge in [0, 0.05) is 39.7 Å². The number of hydrogen-bond acceptors (Lipinski definition) is 4. The van der Waals surface area contributed by atoms with Crippen LogP contribution in [0.2, 0.25) is 0 Å². The third-order valence-electron chi connectivity index (χ3n) is 3.93. The lowest BCUT2D eigenvalue weighted by Gasteiger charge is -2.21. The van der Waals surface area contributed by atoms with Crippen molar-refractivity contribution >= 4 is 35.8 Å². The first kappa shape index (κ1) is 21.5. The van der Waals surface area contributed by atoms with E-state index >= 15 is 0 Å². The Bertz CT molecular complexity index is 583. The third-order valence-corrected chi connectivity index (χ3v) is 3.93. The molecule has 1 aliphatic heterocycles. The number of nitrogens with two attached hydrogens (primary N) is 1. The standard InChI is InChI=1S/C17H26N4O3.HI/c1-19-17(21-7-6-14(10-21)11-23-2)20-9-13-4-3-5-15(8-13)24-12-16(18)22;/h3-5,8,14H,6-7,9-12H2,1-2H3,(H2,18,22)(H,19,20);1H. The molecule has 0 saturated carbocycles. The van der Waals surface area contributed by atoms with E-state index in [9.17, 15) is 4.79 Å². The third kappa shape index (κ3) is 7.07. The van der Waals surface area contributed by atoms with Crippen molar-refractivity contribution in [3.8, 4) is 5.75 Å². The summed E-state index contributed by atoms with van der Waals surface area (Å²) < 4.78 is 10.6. The van der Waals surface area contributed by atoms with Crippen molar-refractivity contribution in [2.24, 2.45) is 16.6 Å². The highest BCUT2D eigenvalue weighted by atomic mass is 127. The lowest BCUT2D eigenvalue weighted by atomic mass is 10.1. The molecule has 1 aromatic rings. The van der Waals surface area contributed by atoms with Gasteiger partial charge in [-0.25, -0.2) is 0 Å². The first-order valence-corrected chi connectivity index (χ1v) is 8.07. The predicted octanol–water partition coefficient (Wildman–Crippen LogP) is 1.21. The molecule has 1 amide bonds. The second-order valence-electron chi connectivity index (χ2n) is 5.86. The number of carbonyl (C=O) groups excluding carboxylic acids is 1. The molecule has 1 aromatic carbocycles. The molecule has 1 unspecified atom stereocenters. The van der Waals surface area contributed by atoms with Crippen LogP contribution in [-0.4, -0.2) is 57.2 Å². The van der Waals surface area contributed by atoms with Gasteiger partial charge in [0.15, 0.2) is 12.6 Å². The molecule has 2 rings (SSSR count). The zero-order valence-corrected chi connectivity index (χ0v) is 17.1. The van der Waals surface area contributed by atoms with Gasteiger partial charge in [0.2, 0.25) is 0 Å². The number of hydrogen-bond donors (Lipinski definition) is 2. The molecule has 7 nitrogen and oxygen atoms in total. The van der Waals surface area contributed by atoms with Gasteiger partial charge >= 0.3 is 0 Å². The summed E-state index contributed by atoms with van der Waals surface area (Å²) in [6, 6.07) is 7.58. The number of aliphatic imine (C=N–C) groups is 1. The smallest absolute Gasteiger partial charge is 0.255 e. The number of primary amides is 1. The van der Waals surface area contributed by atoms with Crippen LogP contribution in [0.1, 0.15) is 12.0 Å². The summed E-state index contributed by atoms with van der Waals surface area (Å²) in [4.78, 5) is 17.4. The van der Waals surface area contributed by atoms with Gasteiger partial charge in [-0.2, -0.15) is 0 Å². The zero-order chi connectivity index (χ0) is 17.4. The van der Waals surface area contributed by atoms with Crippen LogP contribution in [0.25, 0.3) is 0 Å². The summed E-state index contributed by atoms with van der Waals surface area (Å²) in [7, 11) is 3.53. The van der Waals surface area contributed by atoms with Gasteiger partial charge in [0.25, 0.3) is 5.91 Å². The lowest BCUT2D eigenvalue weighted by Crippen LogP contribution is -2.39. The maximum atomic E-state index is 10.8. The van der Waals surface area contributed by atoms with Crippen LogP contribution in [0.3, 0.4) is 0 Å². The Labute approximate surface area is 166 Å². The molecule has 1 saturated heterocycles. The second kappa shape index (κ2) is 11.1. The van der Waals surface area contributed by atoms with E-state index in [4.69, 9.17) is 15.2 Å². The number of halogens is 1. The van der Waals surface area contributed by atoms with Gasteiger partial charge < -0.3 is 25.4 Å². The zero-order valence-electron chi connectivity index (χ0n) is 14.7. The molecule has 25 heavy (non-hydrogen) atoms. The molecule has 1 aliphatic rings. The van der Waals surface area contributed by atoms with Crippen molar-refractivity contribution < 1.29 is 14.3 Å². The monoisotopic (exact) mass is 462 g/mol. The van der Waals surface area contributed by atoms with E-state index in [0.29, 0.717) is 18.2 Å². The summed E-state index contributed by atoms with van der Waals surface area (Å²) in [5.74, 6) is 1.58. The molecular weight excluding hydrogens is 435 g/mol. The Morgan fingerprint density at radius 1 is 1.48 bits per heavy atom. The van der Waals surface area contributed by atoms with E-state index in [1.165, 1.54) is 0 Å². The van der Waals surface area contributed by atoms with Crippen molar-refractivity contribution in [3.63, 3.8) is 0 Å². The fourth-order valence-electron chi connectivity index (χ4n) is 2.81. The largest absolute Gasteiger partial charge is 0.484 e. The Morgan fingerprint density at radius 3 is 2.96 bits per heavy atom. The minimum atomic E-state index is -0.487. The van der Waals surface area contributed by atoms with E-state index in [2.05, 4.69) is 15.2 Å². The molecule has 0 aliphatic carbocycles. The van der Waals surface area contributed by atoms with Gasteiger partial charge in [-0.1, -0.05) is 12.1 Å². The van der Waals surface area contributed by atoms with Gasteiger partial charge in [0.1, 0.15) is 5.75 Å². The van der Waals surface area contributed by atoms with Crippen LogP contribution in [0.15, 0.2) is 29.3 Å². The summed E-state index contributed by atoms with van der Waals surface area (Å²) in [5.41, 5.74) is 6.14. The number of likely N-dealkylation sites (tertiary alicyclic amines) is 1. The molecule has 3 N–H and O–H groups in total. The highest BCUT2D eigenvalue weighted by molar-refractivity contribution is 14.0. The van der Waals surface area contributed by atoms with Crippen LogP contribution >= 0.6 is 24.0 Å². The highest BCUT2D eigenvalue weighted by Gasteiger charge is 2.24. The summed E-state index contributed by atoms with van der Waals surface area (Å²) >= 11 is 0. The topological polar surface area (TPSA) is 89.2 Å². The minimum absolute atomic E-state index is 0. The van der Waals surface area contributed by atoms with Crippen LogP contribution in [0.5, 0.6) is 5.75 Å². The van der Waals surface area contributed by atoms with E-state index < -0.39 is 5.91 Å². The molecule has 0 aromatic heterocycles. The quantitative estimate of drug-likeness (QED) is 0.362. The molecule has 0 radical (unpaired) electrons. The summed E-state index contributed by atoms with van der Waals surface area (Å²) in [5, 5.41) is 3.37. The molecule has 1 fully saturated rings. The molecule has 1 atom stereocenters. The number of rotatable bonds is 7. The highest BCUT2D eigenvalue weighted by Crippen LogP contribution is 2.17. The maximum absolute atomic E-state index is 10.8. The van der Waals surface area contributed by atoms with Crippen molar-refractivity contribution in [2.75, 3.05) is 40.5 Å². The Morgan fingerprint density at radius 2 is 2.28 bits per heavy atom. The molecule has 0 spiro atoms. The number of benzene rings is 1. The SMILES string of the molecule is CN=C(NCc1cccc(OCC(N)=O)c1)N1CCC(COC)C1.I. The van der Waals surface area contributed by atoms with Gasteiger partial charge in [-0.15, -0.1) is 24.0 Å². The lowest BCUT2D eigenvalue weighted by molar-refractivity contribution is -0.119. The van der Waals surface area contributed by atoms with Crippen molar-refractivity contribution in [2.45, 2.75) is 13.0 Å². The normalized spacial score (nSPS) is 17.1. The van der Waals surface area contributed by atoms with E-state index in [-0.39, 0.29) is 30.6 Å². The Kier molecular flexibility index (Phi) is 9.58. The fourth-order valence-corrected chi connectivity index (χ4v) is 2.81. The van der Waals surface area contributed by atoms with E-state index in [0.717, 1.165) is 37.6 Å². The summed E-state index contributed by atoms with van der Waals surface area (Å²) in [6.07, 6.45) is 1.12. The minimum Gasteiger partial charge on any atom is -0.484 e. The van der Waals surface area contributed by atoms with E-state index in [1.54, 1.807) is 20.2 Å². The Hall–Kier alpha value is -1.55. The average molecular weight is 462 g/mol. The number of carbonyl (C=O) groups is 1. The summed E-state index contributed by atoms with van der Waals surface area (Å²) in [6.45, 7) is 3.23. The molecule has 140 valence electrons. The Balaban J connectivity index is 0.00000312. The molecule has 8 heteroatoms. The maximum Gasteiger partial charge on any atom is 0.255 e. The number of nitrogens with zero attached hydrogens (tertiary/aromatic N) is 2. The van der Waals surface area contributed by atoms with Crippen LogP contribution in [0, 0.1) is 5.92 Å². The number of ether oxygens (including phenoxy) is 2. The van der Waals surface area contributed by atoms with Crippen LogP contribution in [0.4, 0.5) is 0 Å². The molecule has 0 bridgehead atoms. The first-order valence-electron chi connectivity index (χ1n) is 8.07. The fraction of sp³-hybridized carbons (Fsp3) is 0.529. The van der Waals surface area contributed by atoms with Gasteiger partial charge in [-0.3, -0.25) is 9.79 Å². The predicted molar refractivity (Wildman–Crippen MR) is 108 cm³/mol. The average Bonchev–Trinajstić information content (AvgIpc) is 3.03. The van der Waals surface area contributed by atoms with E-state index in [1.807, 2.05) is 18.2 Å². The molecule has 1 heterocycles. The van der Waals surface area contributed by atoms with Gasteiger partial charge in [0.05, 0.1) is 6.61 Å².